The lowest BCUT2D eigenvalue weighted by atomic mass is 9.79. The Morgan fingerprint density at radius 1 is 1.38 bits per heavy atom. The van der Waals surface area contributed by atoms with Gasteiger partial charge in [0.1, 0.15) is 0 Å². The van der Waals surface area contributed by atoms with Crippen molar-refractivity contribution in [3.63, 3.8) is 0 Å². The summed E-state index contributed by atoms with van der Waals surface area (Å²) in [6, 6.07) is 4.76. The zero-order chi connectivity index (χ0) is 11.7. The number of aromatic nitrogens is 4. The topological polar surface area (TPSA) is 84.1 Å². The fourth-order valence-electron chi connectivity index (χ4n) is 1.28. The summed E-state index contributed by atoms with van der Waals surface area (Å²) in [6.07, 6.45) is 0. The van der Waals surface area contributed by atoms with Gasteiger partial charge in [-0.2, -0.15) is 4.80 Å². The average Bonchev–Trinajstić information content (AvgIpc) is 2.65. The minimum Gasteiger partial charge on any atom is -0.423 e. The molecule has 0 aliphatic rings. The highest BCUT2D eigenvalue weighted by Gasteiger charge is 2.17. The first-order chi connectivity index (χ1) is 7.58. The third kappa shape index (κ3) is 2.06. The minimum absolute atomic E-state index is 0.214. The minimum atomic E-state index is -1.62. The maximum absolute atomic E-state index is 9.09. The number of benzene rings is 1. The van der Waals surface area contributed by atoms with Crippen LogP contribution in [0, 0.1) is 0 Å². The largest absolute Gasteiger partial charge is 0.489 e. The molecule has 0 aliphatic carbocycles. The summed E-state index contributed by atoms with van der Waals surface area (Å²) in [5.41, 5.74) is 0.840. The lowest BCUT2D eigenvalue weighted by Crippen LogP contribution is -2.30. The van der Waals surface area contributed by atoms with Gasteiger partial charge in [0.15, 0.2) is 0 Å². The second-order valence-corrected chi connectivity index (χ2v) is 3.62. The van der Waals surface area contributed by atoms with E-state index in [2.05, 4.69) is 15.4 Å². The molecule has 1 aromatic heterocycles. The fraction of sp³-hybridized carbons (Fsp3) is 0.125. The van der Waals surface area contributed by atoms with Crippen LogP contribution in [0.25, 0.3) is 11.4 Å². The van der Waals surface area contributed by atoms with Crippen LogP contribution < -0.4 is 5.46 Å². The molecule has 16 heavy (non-hydrogen) atoms. The van der Waals surface area contributed by atoms with E-state index in [1.807, 2.05) is 0 Å². The third-order valence-electron chi connectivity index (χ3n) is 2.04. The molecule has 0 aliphatic heterocycles. The predicted molar refractivity (Wildman–Crippen MR) is 59.1 cm³/mol. The molecule has 2 aromatic rings. The Hall–Kier alpha value is -1.44. The summed E-state index contributed by atoms with van der Waals surface area (Å²) in [5, 5.41) is 30.0. The maximum atomic E-state index is 9.09. The van der Waals surface area contributed by atoms with Crippen LogP contribution in [0.4, 0.5) is 0 Å². The van der Waals surface area contributed by atoms with Crippen LogP contribution in [0.5, 0.6) is 0 Å². The lowest BCUT2D eigenvalue weighted by Gasteiger charge is -2.03. The molecule has 0 unspecified atom stereocenters. The molecule has 1 aromatic carbocycles. The summed E-state index contributed by atoms with van der Waals surface area (Å²) in [6.45, 7) is 0. The first-order valence-corrected chi connectivity index (χ1v) is 4.85. The Kier molecular flexibility index (Phi) is 2.91. The van der Waals surface area contributed by atoms with E-state index in [0.717, 1.165) is 0 Å². The molecule has 0 radical (unpaired) electrons. The van der Waals surface area contributed by atoms with Gasteiger partial charge in [-0.25, -0.2) is 0 Å². The summed E-state index contributed by atoms with van der Waals surface area (Å²) in [7, 11) is 0.0259. The van der Waals surface area contributed by atoms with Gasteiger partial charge in [0.2, 0.25) is 5.82 Å². The van der Waals surface area contributed by atoms with Crippen molar-refractivity contribution >= 4 is 24.2 Å². The van der Waals surface area contributed by atoms with Crippen LogP contribution >= 0.6 is 11.6 Å². The van der Waals surface area contributed by atoms with Crippen molar-refractivity contribution in [3.8, 4) is 11.4 Å². The highest BCUT2D eigenvalue weighted by atomic mass is 35.5. The molecule has 0 saturated heterocycles. The molecule has 82 valence electrons. The van der Waals surface area contributed by atoms with Crippen molar-refractivity contribution in [2.45, 2.75) is 0 Å². The smallest absolute Gasteiger partial charge is 0.423 e. The number of hydrogen-bond donors (Lipinski definition) is 2. The van der Waals surface area contributed by atoms with E-state index in [-0.39, 0.29) is 10.5 Å². The molecule has 0 amide bonds. The predicted octanol–water partition coefficient (Wildman–Crippen LogP) is -0.790. The van der Waals surface area contributed by atoms with Crippen LogP contribution in [-0.4, -0.2) is 37.4 Å². The molecule has 6 nitrogen and oxygen atoms in total. The third-order valence-corrected chi connectivity index (χ3v) is 2.38. The molecular formula is C8H8BClN4O2. The van der Waals surface area contributed by atoms with Crippen molar-refractivity contribution in [3.05, 3.63) is 23.2 Å². The average molecular weight is 238 g/mol. The Labute approximate surface area is 96.6 Å². The molecule has 2 rings (SSSR count). The molecule has 0 atom stereocenters. The quantitative estimate of drug-likeness (QED) is 0.670. The first-order valence-electron chi connectivity index (χ1n) is 4.48. The van der Waals surface area contributed by atoms with Gasteiger partial charge >= 0.3 is 7.12 Å². The molecule has 2 N–H and O–H groups in total. The Bertz CT molecular complexity index is 516. The lowest BCUT2D eigenvalue weighted by molar-refractivity contribution is 0.426. The van der Waals surface area contributed by atoms with Crippen molar-refractivity contribution < 1.29 is 10.0 Å². The fourth-order valence-corrected chi connectivity index (χ4v) is 1.50. The monoisotopic (exact) mass is 238 g/mol. The number of hydrogen-bond acceptors (Lipinski definition) is 5. The highest BCUT2D eigenvalue weighted by Crippen LogP contribution is 2.15. The van der Waals surface area contributed by atoms with Crippen molar-refractivity contribution in [1.82, 2.24) is 20.2 Å². The van der Waals surface area contributed by atoms with Crippen LogP contribution in [-0.2, 0) is 7.05 Å². The van der Waals surface area contributed by atoms with E-state index in [0.29, 0.717) is 11.4 Å². The molecule has 0 bridgehead atoms. The Balaban J connectivity index is 2.47. The first kappa shape index (κ1) is 11.1. The van der Waals surface area contributed by atoms with Crippen LogP contribution in [0.2, 0.25) is 5.02 Å². The van der Waals surface area contributed by atoms with Gasteiger partial charge in [-0.05, 0) is 23.4 Å². The molecule has 0 fully saturated rings. The zero-order valence-corrected chi connectivity index (χ0v) is 9.13. The van der Waals surface area contributed by atoms with Gasteiger partial charge in [-0.15, -0.1) is 10.2 Å². The van der Waals surface area contributed by atoms with Crippen LogP contribution in [0.15, 0.2) is 18.2 Å². The number of rotatable bonds is 2. The van der Waals surface area contributed by atoms with Crippen molar-refractivity contribution in [2.24, 2.45) is 7.05 Å². The summed E-state index contributed by atoms with van der Waals surface area (Å²) < 4.78 is 0. The molecular weight excluding hydrogens is 230 g/mol. The van der Waals surface area contributed by atoms with Gasteiger partial charge < -0.3 is 10.0 Å². The van der Waals surface area contributed by atoms with E-state index in [9.17, 15) is 0 Å². The second-order valence-electron chi connectivity index (χ2n) is 3.21. The second kappa shape index (κ2) is 4.21. The summed E-state index contributed by atoms with van der Waals surface area (Å²) in [4.78, 5) is 1.32. The maximum Gasteiger partial charge on any atom is 0.489 e. The molecule has 1 heterocycles. The van der Waals surface area contributed by atoms with E-state index >= 15 is 0 Å². The van der Waals surface area contributed by atoms with E-state index in [4.69, 9.17) is 21.6 Å². The van der Waals surface area contributed by atoms with Gasteiger partial charge in [-0.3, -0.25) is 0 Å². The molecule has 0 saturated carbocycles. The number of tetrazole rings is 1. The van der Waals surface area contributed by atoms with Crippen molar-refractivity contribution in [1.29, 1.82) is 0 Å². The van der Waals surface area contributed by atoms with E-state index in [1.165, 1.54) is 10.9 Å². The Morgan fingerprint density at radius 3 is 2.69 bits per heavy atom. The SMILES string of the molecule is Cn1nnc(-c2ccc(Cl)c(B(O)O)c2)n1. The standard InChI is InChI=1S/C8H8BClN4O2/c1-14-12-8(11-13-14)5-2-3-7(10)6(4-5)9(15)16/h2-4,15-16H,1H3. The number of aryl methyl sites for hydroxylation is 1. The van der Waals surface area contributed by atoms with Gasteiger partial charge in [0, 0.05) is 16.0 Å². The van der Waals surface area contributed by atoms with E-state index < -0.39 is 7.12 Å². The number of nitrogens with zero attached hydrogens (tertiary/aromatic N) is 4. The van der Waals surface area contributed by atoms with Crippen molar-refractivity contribution in [2.75, 3.05) is 0 Å². The highest BCUT2D eigenvalue weighted by molar-refractivity contribution is 6.62. The Morgan fingerprint density at radius 2 is 2.12 bits per heavy atom. The normalized spacial score (nSPS) is 10.5. The number of halogens is 1. The van der Waals surface area contributed by atoms with Crippen LogP contribution in [0.1, 0.15) is 0 Å². The summed E-state index contributed by atoms with van der Waals surface area (Å²) in [5.74, 6) is 0.404. The van der Waals surface area contributed by atoms with Gasteiger partial charge in [-0.1, -0.05) is 11.6 Å². The zero-order valence-electron chi connectivity index (χ0n) is 8.37. The summed E-state index contributed by atoms with van der Waals surface area (Å²) >= 11 is 5.80. The van der Waals surface area contributed by atoms with Crippen LogP contribution in [0.3, 0.4) is 0 Å². The molecule has 0 spiro atoms. The van der Waals surface area contributed by atoms with Gasteiger partial charge in [0.25, 0.3) is 0 Å². The van der Waals surface area contributed by atoms with Gasteiger partial charge in [0.05, 0.1) is 7.05 Å². The van der Waals surface area contributed by atoms with E-state index in [1.54, 1.807) is 19.2 Å². The molecule has 8 heteroatoms.